The lowest BCUT2D eigenvalue weighted by atomic mass is 9.89. The van der Waals surface area contributed by atoms with E-state index in [1.807, 2.05) is 23.2 Å². The van der Waals surface area contributed by atoms with Gasteiger partial charge in [-0.1, -0.05) is 19.4 Å². The third-order valence-electron chi connectivity index (χ3n) is 4.37. The Morgan fingerprint density at radius 3 is 2.95 bits per heavy atom. The fourth-order valence-corrected chi connectivity index (χ4v) is 2.96. The first kappa shape index (κ1) is 16.0. The van der Waals surface area contributed by atoms with Crippen molar-refractivity contribution in [2.45, 2.75) is 58.7 Å². The van der Waals surface area contributed by atoms with Crippen molar-refractivity contribution in [3.8, 4) is 0 Å². The fraction of sp³-hybridized carbons (Fsp3) is 0.647. The van der Waals surface area contributed by atoms with Crippen LogP contribution >= 0.6 is 0 Å². The lowest BCUT2D eigenvalue weighted by Crippen LogP contribution is -2.51. The average Bonchev–Trinajstić information content (AvgIpc) is 2.52. The molecule has 0 bridgehead atoms. The molecule has 1 aliphatic rings. The Labute approximate surface area is 127 Å². The zero-order valence-electron chi connectivity index (χ0n) is 13.4. The van der Waals surface area contributed by atoms with E-state index in [4.69, 9.17) is 0 Å². The van der Waals surface area contributed by atoms with Crippen molar-refractivity contribution in [2.75, 3.05) is 6.54 Å². The van der Waals surface area contributed by atoms with Crippen LogP contribution in [-0.4, -0.2) is 34.4 Å². The van der Waals surface area contributed by atoms with Crippen molar-refractivity contribution in [1.82, 2.24) is 15.2 Å². The zero-order chi connectivity index (χ0) is 15.2. The van der Waals surface area contributed by atoms with Gasteiger partial charge in [-0.2, -0.15) is 0 Å². The van der Waals surface area contributed by atoms with Crippen molar-refractivity contribution in [3.05, 3.63) is 30.1 Å². The van der Waals surface area contributed by atoms with Crippen LogP contribution in [-0.2, 0) is 11.3 Å². The number of carbonyl (C=O) groups is 1. The van der Waals surface area contributed by atoms with Gasteiger partial charge >= 0.3 is 0 Å². The Bertz CT molecular complexity index is 447. The van der Waals surface area contributed by atoms with Gasteiger partial charge in [-0.25, -0.2) is 0 Å². The number of carbonyl (C=O) groups excluding carboxylic acids is 1. The molecule has 1 N–H and O–H groups in total. The van der Waals surface area contributed by atoms with Crippen LogP contribution in [0.3, 0.4) is 0 Å². The highest BCUT2D eigenvalue weighted by Gasteiger charge is 2.30. The summed E-state index contributed by atoms with van der Waals surface area (Å²) >= 11 is 0. The minimum Gasteiger partial charge on any atom is -0.335 e. The van der Waals surface area contributed by atoms with E-state index in [-0.39, 0.29) is 18.0 Å². The molecule has 0 spiro atoms. The molecule has 1 amide bonds. The minimum absolute atomic E-state index is 0.0252. The SMILES string of the molecule is CCC1CCNC(C(=O)N(Cc2cccnc2)C(C)C)C1. The van der Waals surface area contributed by atoms with Crippen molar-refractivity contribution < 1.29 is 4.79 Å². The van der Waals surface area contributed by atoms with E-state index in [9.17, 15) is 4.79 Å². The van der Waals surface area contributed by atoms with E-state index in [0.29, 0.717) is 12.5 Å². The highest BCUT2D eigenvalue weighted by Crippen LogP contribution is 2.21. The molecule has 0 saturated carbocycles. The van der Waals surface area contributed by atoms with Gasteiger partial charge in [-0.15, -0.1) is 0 Å². The van der Waals surface area contributed by atoms with E-state index < -0.39 is 0 Å². The molecule has 1 aliphatic heterocycles. The van der Waals surface area contributed by atoms with E-state index in [0.717, 1.165) is 24.9 Å². The monoisotopic (exact) mass is 289 g/mol. The van der Waals surface area contributed by atoms with Crippen LogP contribution in [0.1, 0.15) is 45.6 Å². The molecule has 2 heterocycles. The van der Waals surface area contributed by atoms with Gasteiger partial charge in [0.15, 0.2) is 0 Å². The summed E-state index contributed by atoms with van der Waals surface area (Å²) in [6.07, 6.45) is 6.91. The van der Waals surface area contributed by atoms with Gasteiger partial charge in [0.05, 0.1) is 6.04 Å². The number of hydrogen-bond acceptors (Lipinski definition) is 3. The van der Waals surface area contributed by atoms with E-state index in [1.165, 1.54) is 6.42 Å². The normalized spacial score (nSPS) is 22.3. The topological polar surface area (TPSA) is 45.2 Å². The Hall–Kier alpha value is -1.42. The maximum absolute atomic E-state index is 12.8. The fourth-order valence-electron chi connectivity index (χ4n) is 2.96. The van der Waals surface area contributed by atoms with Crippen LogP contribution < -0.4 is 5.32 Å². The van der Waals surface area contributed by atoms with Crippen molar-refractivity contribution in [3.63, 3.8) is 0 Å². The minimum atomic E-state index is -0.0252. The summed E-state index contributed by atoms with van der Waals surface area (Å²) in [7, 11) is 0. The zero-order valence-corrected chi connectivity index (χ0v) is 13.4. The summed E-state index contributed by atoms with van der Waals surface area (Å²) in [5.41, 5.74) is 1.09. The summed E-state index contributed by atoms with van der Waals surface area (Å²) in [6.45, 7) is 7.96. The van der Waals surface area contributed by atoms with E-state index in [1.54, 1.807) is 6.20 Å². The van der Waals surface area contributed by atoms with Crippen LogP contribution in [0.4, 0.5) is 0 Å². The number of pyridine rings is 1. The summed E-state index contributed by atoms with van der Waals surface area (Å²) in [6, 6.07) is 4.12. The second-order valence-electron chi connectivity index (χ2n) is 6.23. The highest BCUT2D eigenvalue weighted by molar-refractivity contribution is 5.82. The summed E-state index contributed by atoms with van der Waals surface area (Å²) in [5.74, 6) is 0.902. The molecule has 2 rings (SSSR count). The lowest BCUT2D eigenvalue weighted by molar-refractivity contribution is -0.136. The van der Waals surface area contributed by atoms with Gasteiger partial charge in [0, 0.05) is 25.0 Å². The second-order valence-corrected chi connectivity index (χ2v) is 6.23. The van der Waals surface area contributed by atoms with Crippen LogP contribution in [0.25, 0.3) is 0 Å². The average molecular weight is 289 g/mol. The summed E-state index contributed by atoms with van der Waals surface area (Å²) in [4.78, 5) is 19.0. The smallest absolute Gasteiger partial charge is 0.240 e. The first-order chi connectivity index (χ1) is 10.1. The molecule has 1 aromatic rings. The molecule has 2 atom stereocenters. The Morgan fingerprint density at radius 1 is 1.52 bits per heavy atom. The van der Waals surface area contributed by atoms with Crippen LogP contribution in [0, 0.1) is 5.92 Å². The molecule has 0 radical (unpaired) electrons. The van der Waals surface area contributed by atoms with Crippen LogP contribution in [0.15, 0.2) is 24.5 Å². The maximum atomic E-state index is 12.8. The number of piperidine rings is 1. The van der Waals surface area contributed by atoms with Crippen molar-refractivity contribution in [2.24, 2.45) is 5.92 Å². The molecule has 0 aliphatic carbocycles. The summed E-state index contributed by atoms with van der Waals surface area (Å²) < 4.78 is 0. The van der Waals surface area contributed by atoms with Crippen LogP contribution in [0.5, 0.6) is 0 Å². The predicted octanol–water partition coefficient (Wildman–Crippen LogP) is 2.60. The molecule has 1 fully saturated rings. The number of amides is 1. The molecule has 116 valence electrons. The van der Waals surface area contributed by atoms with Crippen molar-refractivity contribution in [1.29, 1.82) is 0 Å². The summed E-state index contributed by atoms with van der Waals surface area (Å²) in [5, 5.41) is 3.40. The van der Waals surface area contributed by atoms with E-state index in [2.05, 4.69) is 31.1 Å². The van der Waals surface area contributed by atoms with Gasteiger partial charge in [0.1, 0.15) is 0 Å². The molecule has 4 heteroatoms. The number of aromatic nitrogens is 1. The van der Waals surface area contributed by atoms with Gasteiger partial charge in [-0.3, -0.25) is 9.78 Å². The molecular weight excluding hydrogens is 262 g/mol. The predicted molar refractivity (Wildman–Crippen MR) is 84.7 cm³/mol. The Morgan fingerprint density at radius 2 is 2.33 bits per heavy atom. The second kappa shape index (κ2) is 7.55. The maximum Gasteiger partial charge on any atom is 0.240 e. The Kier molecular flexibility index (Phi) is 5.74. The molecule has 21 heavy (non-hydrogen) atoms. The Balaban J connectivity index is 2.05. The van der Waals surface area contributed by atoms with Gasteiger partial charge in [0.25, 0.3) is 0 Å². The standard InChI is InChI=1S/C17H27N3O/c1-4-14-7-9-19-16(10-14)17(21)20(13(2)3)12-15-6-5-8-18-11-15/h5-6,8,11,13-14,16,19H,4,7,9-10,12H2,1-3H3. The van der Waals surface area contributed by atoms with E-state index >= 15 is 0 Å². The van der Waals surface area contributed by atoms with Crippen molar-refractivity contribution >= 4 is 5.91 Å². The van der Waals surface area contributed by atoms with Crippen LogP contribution in [0.2, 0.25) is 0 Å². The molecular formula is C17H27N3O. The third kappa shape index (κ3) is 4.27. The highest BCUT2D eigenvalue weighted by atomic mass is 16.2. The van der Waals surface area contributed by atoms with Gasteiger partial charge in [0.2, 0.25) is 5.91 Å². The first-order valence-electron chi connectivity index (χ1n) is 8.04. The number of nitrogens with zero attached hydrogens (tertiary/aromatic N) is 2. The number of nitrogens with one attached hydrogen (secondary N) is 1. The molecule has 2 unspecified atom stereocenters. The number of rotatable bonds is 5. The van der Waals surface area contributed by atoms with Gasteiger partial charge < -0.3 is 10.2 Å². The third-order valence-corrected chi connectivity index (χ3v) is 4.37. The molecule has 1 aromatic heterocycles. The first-order valence-corrected chi connectivity index (χ1v) is 8.04. The quantitative estimate of drug-likeness (QED) is 0.906. The lowest BCUT2D eigenvalue weighted by Gasteiger charge is -2.35. The largest absolute Gasteiger partial charge is 0.335 e. The molecule has 0 aromatic carbocycles. The molecule has 4 nitrogen and oxygen atoms in total. The van der Waals surface area contributed by atoms with Gasteiger partial charge in [-0.05, 0) is 50.8 Å². The number of hydrogen-bond donors (Lipinski definition) is 1. The molecule has 1 saturated heterocycles.